The Labute approximate surface area is 85.0 Å². The summed E-state index contributed by atoms with van der Waals surface area (Å²) in [6.45, 7) is 0.471. The van der Waals surface area contributed by atoms with E-state index < -0.39 is 0 Å². The van der Waals surface area contributed by atoms with Gasteiger partial charge in [-0.05, 0) is 25.1 Å². The van der Waals surface area contributed by atoms with E-state index in [2.05, 4.69) is 15.9 Å². The van der Waals surface area contributed by atoms with Crippen molar-refractivity contribution in [2.24, 2.45) is 5.73 Å². The first kappa shape index (κ1) is 10.5. The monoisotopic (exact) mass is 247 g/mol. The SMILES string of the molecule is COc1c(F)ccc(Br)c1CCN. The van der Waals surface area contributed by atoms with Gasteiger partial charge in [-0.25, -0.2) is 4.39 Å². The van der Waals surface area contributed by atoms with Crippen molar-refractivity contribution in [3.63, 3.8) is 0 Å². The Hall–Kier alpha value is -0.610. The van der Waals surface area contributed by atoms with Crippen LogP contribution >= 0.6 is 15.9 Å². The summed E-state index contributed by atoms with van der Waals surface area (Å²) < 4.78 is 18.9. The third kappa shape index (κ3) is 2.19. The number of hydrogen-bond acceptors (Lipinski definition) is 2. The van der Waals surface area contributed by atoms with E-state index in [4.69, 9.17) is 10.5 Å². The van der Waals surface area contributed by atoms with Gasteiger partial charge in [0.05, 0.1) is 7.11 Å². The Morgan fingerprint density at radius 3 is 2.77 bits per heavy atom. The minimum Gasteiger partial charge on any atom is -0.493 e. The van der Waals surface area contributed by atoms with Crippen molar-refractivity contribution >= 4 is 15.9 Å². The number of hydrogen-bond donors (Lipinski definition) is 1. The summed E-state index contributed by atoms with van der Waals surface area (Å²) in [6, 6.07) is 3.02. The topological polar surface area (TPSA) is 35.2 Å². The molecule has 1 aromatic rings. The Kier molecular flexibility index (Phi) is 3.69. The quantitative estimate of drug-likeness (QED) is 0.888. The molecule has 0 aliphatic heterocycles. The third-order valence-corrected chi connectivity index (χ3v) is 2.50. The molecule has 2 nitrogen and oxygen atoms in total. The molecule has 0 aliphatic rings. The van der Waals surface area contributed by atoms with E-state index in [1.54, 1.807) is 6.07 Å². The molecule has 4 heteroatoms. The van der Waals surface area contributed by atoms with Gasteiger partial charge in [-0.2, -0.15) is 0 Å². The van der Waals surface area contributed by atoms with Gasteiger partial charge in [0.1, 0.15) is 0 Å². The van der Waals surface area contributed by atoms with E-state index in [0.717, 1.165) is 10.0 Å². The highest BCUT2D eigenvalue weighted by molar-refractivity contribution is 9.10. The number of rotatable bonds is 3. The van der Waals surface area contributed by atoms with Crippen LogP contribution < -0.4 is 10.5 Å². The van der Waals surface area contributed by atoms with Crippen LogP contribution in [0.25, 0.3) is 0 Å². The minimum absolute atomic E-state index is 0.278. The smallest absolute Gasteiger partial charge is 0.165 e. The van der Waals surface area contributed by atoms with Gasteiger partial charge in [-0.3, -0.25) is 0 Å². The summed E-state index contributed by atoms with van der Waals surface area (Å²) in [6.07, 6.45) is 0.599. The van der Waals surface area contributed by atoms with Crippen molar-refractivity contribution in [1.82, 2.24) is 0 Å². The van der Waals surface area contributed by atoms with Crippen LogP contribution in [0, 0.1) is 5.82 Å². The normalized spacial score (nSPS) is 10.2. The molecule has 1 aromatic carbocycles. The van der Waals surface area contributed by atoms with Gasteiger partial charge < -0.3 is 10.5 Å². The van der Waals surface area contributed by atoms with Crippen LogP contribution in [-0.4, -0.2) is 13.7 Å². The molecule has 0 bridgehead atoms. The average molecular weight is 248 g/mol. The predicted molar refractivity (Wildman–Crippen MR) is 53.4 cm³/mol. The second kappa shape index (κ2) is 4.58. The maximum atomic E-state index is 13.2. The lowest BCUT2D eigenvalue weighted by atomic mass is 10.1. The predicted octanol–water partition coefficient (Wildman–Crippen LogP) is 2.10. The lowest BCUT2D eigenvalue weighted by molar-refractivity contribution is 0.381. The Morgan fingerprint density at radius 1 is 1.54 bits per heavy atom. The molecule has 0 saturated heterocycles. The Bertz CT molecular complexity index is 304. The van der Waals surface area contributed by atoms with Crippen LogP contribution in [0.15, 0.2) is 16.6 Å². The molecule has 1 rings (SSSR count). The lowest BCUT2D eigenvalue weighted by Gasteiger charge is -2.10. The highest BCUT2D eigenvalue weighted by Crippen LogP contribution is 2.29. The molecular formula is C9H11BrFNO. The number of nitrogens with two attached hydrogens (primary N) is 1. The molecule has 13 heavy (non-hydrogen) atoms. The molecule has 0 heterocycles. The molecule has 0 atom stereocenters. The van der Waals surface area contributed by atoms with E-state index in [1.165, 1.54) is 13.2 Å². The van der Waals surface area contributed by atoms with Crippen molar-refractivity contribution in [3.05, 3.63) is 28.0 Å². The van der Waals surface area contributed by atoms with E-state index in [9.17, 15) is 4.39 Å². The summed E-state index contributed by atoms with van der Waals surface area (Å²) in [5.41, 5.74) is 6.19. The summed E-state index contributed by atoms with van der Waals surface area (Å²) in [5.74, 6) is -0.0750. The van der Waals surface area contributed by atoms with Crippen molar-refractivity contribution in [2.45, 2.75) is 6.42 Å². The molecule has 0 fully saturated rings. The lowest BCUT2D eigenvalue weighted by Crippen LogP contribution is -2.06. The Balaban J connectivity index is 3.18. The first-order valence-electron chi connectivity index (χ1n) is 3.91. The van der Waals surface area contributed by atoms with Crippen LogP contribution in [0.2, 0.25) is 0 Å². The van der Waals surface area contributed by atoms with Crippen LogP contribution in [0.1, 0.15) is 5.56 Å². The fraction of sp³-hybridized carbons (Fsp3) is 0.333. The van der Waals surface area contributed by atoms with E-state index >= 15 is 0 Å². The molecule has 0 spiro atoms. The fourth-order valence-electron chi connectivity index (χ4n) is 1.17. The zero-order valence-electron chi connectivity index (χ0n) is 7.31. The molecular weight excluding hydrogens is 237 g/mol. The molecule has 2 N–H and O–H groups in total. The van der Waals surface area contributed by atoms with Crippen molar-refractivity contribution in [2.75, 3.05) is 13.7 Å². The highest BCUT2D eigenvalue weighted by atomic mass is 79.9. The number of halogens is 2. The third-order valence-electron chi connectivity index (χ3n) is 1.75. The van der Waals surface area contributed by atoms with Crippen LogP contribution in [0.4, 0.5) is 4.39 Å². The minimum atomic E-state index is -0.353. The van der Waals surface area contributed by atoms with E-state index in [-0.39, 0.29) is 11.6 Å². The van der Waals surface area contributed by atoms with Gasteiger partial charge in [0.2, 0.25) is 0 Å². The molecule has 0 radical (unpaired) electrons. The molecule has 0 aliphatic carbocycles. The van der Waals surface area contributed by atoms with E-state index in [1.807, 2.05) is 0 Å². The fourth-order valence-corrected chi connectivity index (χ4v) is 1.68. The van der Waals surface area contributed by atoms with E-state index in [0.29, 0.717) is 13.0 Å². The average Bonchev–Trinajstić information content (AvgIpc) is 2.12. The zero-order valence-corrected chi connectivity index (χ0v) is 8.90. The first-order chi connectivity index (χ1) is 6.20. The molecule has 72 valence electrons. The molecule has 0 saturated carbocycles. The molecule has 0 unspecified atom stereocenters. The summed E-state index contributed by atoms with van der Waals surface area (Å²) in [4.78, 5) is 0. The second-order valence-corrected chi connectivity index (χ2v) is 3.43. The maximum absolute atomic E-state index is 13.2. The summed E-state index contributed by atoms with van der Waals surface area (Å²) in [7, 11) is 1.45. The summed E-state index contributed by atoms with van der Waals surface area (Å²) >= 11 is 3.32. The van der Waals surface area contributed by atoms with Crippen molar-refractivity contribution < 1.29 is 9.13 Å². The second-order valence-electron chi connectivity index (χ2n) is 2.58. The summed E-state index contributed by atoms with van der Waals surface area (Å²) in [5, 5.41) is 0. The highest BCUT2D eigenvalue weighted by Gasteiger charge is 2.11. The van der Waals surface area contributed by atoms with Gasteiger partial charge in [0, 0.05) is 10.0 Å². The van der Waals surface area contributed by atoms with Crippen molar-refractivity contribution in [3.8, 4) is 5.75 Å². The van der Waals surface area contributed by atoms with Gasteiger partial charge in [-0.15, -0.1) is 0 Å². The van der Waals surface area contributed by atoms with Crippen LogP contribution in [-0.2, 0) is 6.42 Å². The maximum Gasteiger partial charge on any atom is 0.165 e. The number of methoxy groups -OCH3 is 1. The number of ether oxygens (including phenoxy) is 1. The molecule has 0 aromatic heterocycles. The van der Waals surface area contributed by atoms with Gasteiger partial charge in [0.25, 0.3) is 0 Å². The zero-order chi connectivity index (χ0) is 9.84. The van der Waals surface area contributed by atoms with Crippen LogP contribution in [0.5, 0.6) is 5.75 Å². The standard InChI is InChI=1S/C9H11BrFNO/c1-13-9-6(4-5-12)7(10)2-3-8(9)11/h2-3H,4-5,12H2,1H3. The van der Waals surface area contributed by atoms with Crippen molar-refractivity contribution in [1.29, 1.82) is 0 Å². The first-order valence-corrected chi connectivity index (χ1v) is 4.71. The number of benzene rings is 1. The largest absolute Gasteiger partial charge is 0.493 e. The Morgan fingerprint density at radius 2 is 2.23 bits per heavy atom. The van der Waals surface area contributed by atoms with Gasteiger partial charge >= 0.3 is 0 Å². The van der Waals surface area contributed by atoms with Gasteiger partial charge in [0.15, 0.2) is 11.6 Å². The van der Waals surface area contributed by atoms with Crippen LogP contribution in [0.3, 0.4) is 0 Å². The molecule has 0 amide bonds. The van der Waals surface area contributed by atoms with Gasteiger partial charge in [-0.1, -0.05) is 15.9 Å².